The number of rotatable bonds is 3. The van der Waals surface area contributed by atoms with Crippen LogP contribution in [0.1, 0.15) is 21.5 Å². The van der Waals surface area contributed by atoms with Gasteiger partial charge in [0.25, 0.3) is 5.91 Å². The zero-order valence-electron chi connectivity index (χ0n) is 11.9. The Balaban J connectivity index is 2.23. The minimum absolute atomic E-state index is 0.103. The summed E-state index contributed by atoms with van der Waals surface area (Å²) < 4.78 is 0. The molecule has 0 aromatic heterocycles. The maximum absolute atomic E-state index is 12.5. The Kier molecular flexibility index (Phi) is 4.76. The molecule has 0 saturated carbocycles. The lowest BCUT2D eigenvalue weighted by Gasteiger charge is -2.19. The Morgan fingerprint density at radius 3 is 2.62 bits per heavy atom. The molecule has 21 heavy (non-hydrogen) atoms. The molecule has 1 amide bonds. The van der Waals surface area contributed by atoms with E-state index in [2.05, 4.69) is 0 Å². The first kappa shape index (κ1) is 15.7. The fourth-order valence-corrected chi connectivity index (χ4v) is 2.42. The summed E-state index contributed by atoms with van der Waals surface area (Å²) in [4.78, 5) is 14.1. The molecular formula is C16H16Cl2N2O. The number of anilines is 1. The molecule has 0 aliphatic heterocycles. The molecule has 0 saturated heterocycles. The van der Waals surface area contributed by atoms with Gasteiger partial charge >= 0.3 is 0 Å². The van der Waals surface area contributed by atoms with Crippen molar-refractivity contribution in [1.82, 2.24) is 4.90 Å². The van der Waals surface area contributed by atoms with Gasteiger partial charge in [0.05, 0.1) is 0 Å². The van der Waals surface area contributed by atoms with Crippen LogP contribution in [0.25, 0.3) is 0 Å². The number of carbonyl (C=O) groups is 1. The van der Waals surface area contributed by atoms with Crippen LogP contribution in [-0.2, 0) is 6.54 Å². The van der Waals surface area contributed by atoms with Crippen LogP contribution in [0.5, 0.6) is 0 Å². The Morgan fingerprint density at radius 1 is 1.19 bits per heavy atom. The molecule has 0 aliphatic carbocycles. The molecule has 0 radical (unpaired) electrons. The third-order valence-corrected chi connectivity index (χ3v) is 3.86. The van der Waals surface area contributed by atoms with Gasteiger partial charge in [-0.2, -0.15) is 0 Å². The molecule has 3 nitrogen and oxygen atoms in total. The van der Waals surface area contributed by atoms with Crippen molar-refractivity contribution in [2.45, 2.75) is 13.5 Å². The molecule has 0 bridgehead atoms. The highest BCUT2D eigenvalue weighted by Crippen LogP contribution is 2.22. The number of aryl methyl sites for hydroxylation is 1. The van der Waals surface area contributed by atoms with Crippen LogP contribution in [0.15, 0.2) is 36.4 Å². The third-order valence-electron chi connectivity index (χ3n) is 3.25. The van der Waals surface area contributed by atoms with Crippen LogP contribution >= 0.6 is 23.2 Å². The van der Waals surface area contributed by atoms with Crippen molar-refractivity contribution in [2.75, 3.05) is 12.8 Å². The summed E-state index contributed by atoms with van der Waals surface area (Å²) in [6, 6.07) is 10.5. The number of hydrogen-bond acceptors (Lipinski definition) is 2. The lowest BCUT2D eigenvalue weighted by molar-refractivity contribution is 0.0784. The molecule has 0 aliphatic rings. The Hall–Kier alpha value is -1.71. The summed E-state index contributed by atoms with van der Waals surface area (Å²) in [6.07, 6.45) is 0. The van der Waals surface area contributed by atoms with Crippen LogP contribution in [0.2, 0.25) is 10.0 Å². The van der Waals surface area contributed by atoms with Crippen LogP contribution in [-0.4, -0.2) is 17.9 Å². The van der Waals surface area contributed by atoms with Crippen LogP contribution in [0.4, 0.5) is 5.69 Å². The van der Waals surface area contributed by atoms with Crippen LogP contribution in [0, 0.1) is 6.92 Å². The second-order valence-corrected chi connectivity index (χ2v) is 5.81. The van der Waals surface area contributed by atoms with E-state index in [1.807, 2.05) is 13.0 Å². The largest absolute Gasteiger partial charge is 0.399 e. The first-order valence-corrected chi connectivity index (χ1v) is 7.19. The van der Waals surface area contributed by atoms with E-state index in [1.165, 1.54) is 0 Å². The molecule has 2 N–H and O–H groups in total. The average molecular weight is 323 g/mol. The Morgan fingerprint density at radius 2 is 1.90 bits per heavy atom. The van der Waals surface area contributed by atoms with Crippen molar-refractivity contribution in [3.8, 4) is 0 Å². The molecular weight excluding hydrogens is 307 g/mol. The predicted octanol–water partition coefficient (Wildman–Crippen LogP) is 4.16. The summed E-state index contributed by atoms with van der Waals surface area (Å²) in [5.74, 6) is -0.103. The number of benzene rings is 2. The maximum Gasteiger partial charge on any atom is 0.254 e. The maximum atomic E-state index is 12.5. The zero-order chi connectivity index (χ0) is 15.6. The molecule has 0 atom stereocenters. The molecule has 0 unspecified atom stereocenters. The molecule has 5 heteroatoms. The standard InChI is InChI=1S/C16H16Cl2N2O/c1-10-3-4-12(17)8-14(10)16(21)20(2)9-11-7-13(19)5-6-15(11)18/h3-8H,9,19H2,1-2H3. The third kappa shape index (κ3) is 3.69. The molecule has 2 rings (SSSR count). The van der Waals surface area contributed by atoms with Gasteiger partial charge in [-0.05, 0) is 48.4 Å². The number of hydrogen-bond donors (Lipinski definition) is 1. The van der Waals surface area contributed by atoms with Gasteiger partial charge in [-0.15, -0.1) is 0 Å². The molecule has 2 aromatic rings. The Bertz CT molecular complexity index is 686. The van der Waals surface area contributed by atoms with Crippen molar-refractivity contribution >= 4 is 34.8 Å². The van der Waals surface area contributed by atoms with Gasteiger partial charge < -0.3 is 10.6 Å². The van der Waals surface area contributed by atoms with Gasteiger partial charge in [0, 0.05) is 34.9 Å². The predicted molar refractivity (Wildman–Crippen MR) is 87.9 cm³/mol. The van der Waals surface area contributed by atoms with Crippen molar-refractivity contribution in [1.29, 1.82) is 0 Å². The monoisotopic (exact) mass is 322 g/mol. The average Bonchev–Trinajstić information content (AvgIpc) is 2.44. The van der Waals surface area contributed by atoms with E-state index >= 15 is 0 Å². The van der Waals surface area contributed by atoms with Crippen molar-refractivity contribution in [2.24, 2.45) is 0 Å². The summed E-state index contributed by atoms with van der Waals surface area (Å²) >= 11 is 12.1. The van der Waals surface area contributed by atoms with Gasteiger partial charge in [0.1, 0.15) is 0 Å². The lowest BCUT2D eigenvalue weighted by Crippen LogP contribution is -2.27. The van der Waals surface area contributed by atoms with Crippen LogP contribution in [0.3, 0.4) is 0 Å². The van der Waals surface area contributed by atoms with E-state index in [9.17, 15) is 4.79 Å². The number of amides is 1. The van der Waals surface area contributed by atoms with Gasteiger partial charge in [-0.3, -0.25) is 4.79 Å². The normalized spacial score (nSPS) is 10.5. The van der Waals surface area contributed by atoms with Crippen molar-refractivity contribution < 1.29 is 4.79 Å². The quantitative estimate of drug-likeness (QED) is 0.862. The van der Waals surface area contributed by atoms with Gasteiger partial charge in [0.15, 0.2) is 0 Å². The first-order chi connectivity index (χ1) is 9.88. The fraction of sp³-hybridized carbons (Fsp3) is 0.188. The van der Waals surface area contributed by atoms with E-state index in [4.69, 9.17) is 28.9 Å². The lowest BCUT2D eigenvalue weighted by atomic mass is 10.1. The van der Waals surface area contributed by atoms with Gasteiger partial charge in [-0.25, -0.2) is 0 Å². The number of halogens is 2. The Labute approximate surface area is 134 Å². The SMILES string of the molecule is Cc1ccc(Cl)cc1C(=O)N(C)Cc1cc(N)ccc1Cl. The van der Waals surface area contributed by atoms with Gasteiger partial charge in [-0.1, -0.05) is 29.3 Å². The zero-order valence-corrected chi connectivity index (χ0v) is 13.4. The van der Waals surface area contributed by atoms with E-state index in [0.717, 1.165) is 11.1 Å². The number of carbonyl (C=O) groups excluding carboxylic acids is 1. The summed E-state index contributed by atoms with van der Waals surface area (Å²) in [7, 11) is 1.72. The molecule has 0 fully saturated rings. The van der Waals surface area contributed by atoms with E-state index in [0.29, 0.717) is 27.8 Å². The molecule has 0 spiro atoms. The summed E-state index contributed by atoms with van der Waals surface area (Å²) in [5.41, 5.74) is 8.66. The summed E-state index contributed by atoms with van der Waals surface area (Å²) in [5, 5.41) is 1.13. The minimum Gasteiger partial charge on any atom is -0.399 e. The minimum atomic E-state index is -0.103. The number of nitrogens with zero attached hydrogens (tertiary/aromatic N) is 1. The number of nitrogen functional groups attached to an aromatic ring is 1. The van der Waals surface area contributed by atoms with E-state index in [-0.39, 0.29) is 5.91 Å². The van der Waals surface area contributed by atoms with Crippen molar-refractivity contribution in [3.63, 3.8) is 0 Å². The molecule has 0 heterocycles. The molecule has 2 aromatic carbocycles. The van der Waals surface area contributed by atoms with Gasteiger partial charge in [0.2, 0.25) is 0 Å². The highest BCUT2D eigenvalue weighted by Gasteiger charge is 2.16. The number of nitrogens with two attached hydrogens (primary N) is 1. The smallest absolute Gasteiger partial charge is 0.254 e. The topological polar surface area (TPSA) is 46.3 Å². The summed E-state index contributed by atoms with van der Waals surface area (Å²) in [6.45, 7) is 2.26. The van der Waals surface area contributed by atoms with Crippen LogP contribution < -0.4 is 5.73 Å². The highest BCUT2D eigenvalue weighted by molar-refractivity contribution is 6.31. The highest BCUT2D eigenvalue weighted by atomic mass is 35.5. The second-order valence-electron chi connectivity index (χ2n) is 4.97. The van der Waals surface area contributed by atoms with Crippen molar-refractivity contribution in [3.05, 3.63) is 63.1 Å². The molecule has 110 valence electrons. The van der Waals surface area contributed by atoms with E-state index < -0.39 is 0 Å². The fourth-order valence-electron chi connectivity index (χ4n) is 2.07. The van der Waals surface area contributed by atoms with E-state index in [1.54, 1.807) is 42.3 Å². The first-order valence-electron chi connectivity index (χ1n) is 6.44. The second kappa shape index (κ2) is 6.37.